The summed E-state index contributed by atoms with van der Waals surface area (Å²) in [4.78, 5) is 0. The molecule has 1 unspecified atom stereocenters. The zero-order valence-electron chi connectivity index (χ0n) is 11.0. The van der Waals surface area contributed by atoms with Crippen molar-refractivity contribution in [3.05, 3.63) is 29.8 Å². The van der Waals surface area contributed by atoms with Crippen LogP contribution in [0.4, 0.5) is 0 Å². The summed E-state index contributed by atoms with van der Waals surface area (Å²) in [6.45, 7) is 2.22. The standard InChI is InChI=1S/C15H22Cl2O/c1-2-3-4-6-13-8-10-14(11-9-13)18-15(17)7-5-12-16/h8-11,15H,2-7,12H2,1H3. The van der Waals surface area contributed by atoms with Crippen LogP contribution in [0.2, 0.25) is 0 Å². The number of alkyl halides is 2. The van der Waals surface area contributed by atoms with E-state index in [0.29, 0.717) is 5.88 Å². The normalized spacial score (nSPS) is 12.4. The minimum Gasteiger partial charge on any atom is -0.475 e. The van der Waals surface area contributed by atoms with Crippen molar-refractivity contribution in [2.45, 2.75) is 51.0 Å². The Labute approximate surface area is 120 Å². The molecule has 0 saturated heterocycles. The first-order valence-electron chi connectivity index (χ1n) is 6.72. The highest BCUT2D eigenvalue weighted by Gasteiger charge is 2.05. The summed E-state index contributed by atoms with van der Waals surface area (Å²) in [6.07, 6.45) is 6.61. The lowest BCUT2D eigenvalue weighted by molar-refractivity contribution is 0.269. The van der Waals surface area contributed by atoms with Crippen LogP contribution in [0.5, 0.6) is 5.75 Å². The molecule has 102 valence electrons. The number of unbranched alkanes of at least 4 members (excludes halogenated alkanes) is 2. The summed E-state index contributed by atoms with van der Waals surface area (Å²) in [7, 11) is 0. The Morgan fingerprint density at radius 3 is 2.44 bits per heavy atom. The van der Waals surface area contributed by atoms with E-state index in [9.17, 15) is 0 Å². The minimum atomic E-state index is -0.283. The van der Waals surface area contributed by atoms with Crippen LogP contribution in [-0.2, 0) is 6.42 Å². The van der Waals surface area contributed by atoms with Crippen LogP contribution < -0.4 is 4.74 Å². The SMILES string of the molecule is CCCCCc1ccc(OC(Cl)CCCCl)cc1. The van der Waals surface area contributed by atoms with E-state index in [1.807, 2.05) is 12.1 Å². The second kappa shape index (κ2) is 9.52. The van der Waals surface area contributed by atoms with Gasteiger partial charge in [-0.05, 0) is 43.4 Å². The van der Waals surface area contributed by atoms with E-state index < -0.39 is 0 Å². The second-order valence-corrected chi connectivity index (χ2v) is 5.32. The lowest BCUT2D eigenvalue weighted by Gasteiger charge is -2.12. The maximum Gasteiger partial charge on any atom is 0.172 e. The minimum absolute atomic E-state index is 0.283. The van der Waals surface area contributed by atoms with Crippen LogP contribution in [0.25, 0.3) is 0 Å². The molecule has 3 heteroatoms. The van der Waals surface area contributed by atoms with Crippen molar-refractivity contribution < 1.29 is 4.74 Å². The summed E-state index contributed by atoms with van der Waals surface area (Å²) in [5.74, 6) is 1.46. The number of benzene rings is 1. The van der Waals surface area contributed by atoms with Gasteiger partial charge in [0.15, 0.2) is 5.56 Å². The van der Waals surface area contributed by atoms with Gasteiger partial charge in [-0.1, -0.05) is 43.5 Å². The molecule has 0 aromatic heterocycles. The first-order chi connectivity index (χ1) is 8.76. The van der Waals surface area contributed by atoms with Crippen molar-refractivity contribution in [3.63, 3.8) is 0 Å². The molecule has 1 nitrogen and oxygen atoms in total. The predicted octanol–water partition coefficient (Wildman–Crippen LogP) is 5.38. The Morgan fingerprint density at radius 1 is 1.11 bits per heavy atom. The largest absolute Gasteiger partial charge is 0.475 e. The van der Waals surface area contributed by atoms with Gasteiger partial charge in [-0.15, -0.1) is 11.6 Å². The molecule has 0 aliphatic rings. The molecule has 18 heavy (non-hydrogen) atoms. The quantitative estimate of drug-likeness (QED) is 0.438. The van der Waals surface area contributed by atoms with E-state index >= 15 is 0 Å². The molecule has 0 N–H and O–H groups in total. The Hall–Kier alpha value is -0.400. The average molecular weight is 289 g/mol. The molecule has 0 spiro atoms. The monoisotopic (exact) mass is 288 g/mol. The summed E-state index contributed by atoms with van der Waals surface area (Å²) in [5, 5.41) is 0. The molecular formula is C15H22Cl2O. The van der Waals surface area contributed by atoms with Gasteiger partial charge in [0.05, 0.1) is 0 Å². The highest BCUT2D eigenvalue weighted by atomic mass is 35.5. The van der Waals surface area contributed by atoms with Gasteiger partial charge in [0.1, 0.15) is 5.75 Å². The van der Waals surface area contributed by atoms with Gasteiger partial charge in [0.25, 0.3) is 0 Å². The Balaban J connectivity index is 2.35. The van der Waals surface area contributed by atoms with Crippen LogP contribution in [0.15, 0.2) is 24.3 Å². The third-order valence-corrected chi connectivity index (χ3v) is 3.40. The molecule has 0 bridgehead atoms. The van der Waals surface area contributed by atoms with Gasteiger partial charge in [0, 0.05) is 5.88 Å². The van der Waals surface area contributed by atoms with Gasteiger partial charge >= 0.3 is 0 Å². The third kappa shape index (κ3) is 6.51. The lowest BCUT2D eigenvalue weighted by Crippen LogP contribution is -2.08. The van der Waals surface area contributed by atoms with Gasteiger partial charge in [0.2, 0.25) is 0 Å². The Kier molecular flexibility index (Phi) is 8.28. The predicted molar refractivity (Wildman–Crippen MR) is 79.9 cm³/mol. The fraction of sp³-hybridized carbons (Fsp3) is 0.600. The Bertz CT molecular complexity index is 311. The molecule has 0 aliphatic carbocycles. The molecule has 0 saturated carbocycles. The van der Waals surface area contributed by atoms with E-state index in [1.165, 1.54) is 24.8 Å². The van der Waals surface area contributed by atoms with Crippen molar-refractivity contribution in [1.82, 2.24) is 0 Å². The molecule has 0 fully saturated rings. The Morgan fingerprint density at radius 2 is 1.83 bits per heavy atom. The molecule has 0 heterocycles. The molecular weight excluding hydrogens is 267 g/mol. The van der Waals surface area contributed by atoms with Crippen LogP contribution in [-0.4, -0.2) is 11.4 Å². The number of aryl methyl sites for hydroxylation is 1. The maximum atomic E-state index is 6.06. The number of hydrogen-bond acceptors (Lipinski definition) is 1. The van der Waals surface area contributed by atoms with E-state index in [4.69, 9.17) is 27.9 Å². The van der Waals surface area contributed by atoms with E-state index in [-0.39, 0.29) is 5.56 Å². The lowest BCUT2D eigenvalue weighted by atomic mass is 10.1. The van der Waals surface area contributed by atoms with Crippen molar-refractivity contribution in [3.8, 4) is 5.75 Å². The number of hydrogen-bond donors (Lipinski definition) is 0. The van der Waals surface area contributed by atoms with Crippen molar-refractivity contribution in [2.24, 2.45) is 0 Å². The average Bonchev–Trinajstić information content (AvgIpc) is 2.39. The van der Waals surface area contributed by atoms with Crippen molar-refractivity contribution in [1.29, 1.82) is 0 Å². The van der Waals surface area contributed by atoms with E-state index in [0.717, 1.165) is 25.0 Å². The molecule has 0 aliphatic heterocycles. The fourth-order valence-electron chi connectivity index (χ4n) is 1.76. The summed E-state index contributed by atoms with van der Waals surface area (Å²) in [6, 6.07) is 8.24. The molecule has 0 amide bonds. The van der Waals surface area contributed by atoms with Crippen LogP contribution in [0.1, 0.15) is 44.6 Å². The number of rotatable bonds is 9. The van der Waals surface area contributed by atoms with E-state index in [2.05, 4.69) is 19.1 Å². The second-order valence-electron chi connectivity index (χ2n) is 4.46. The van der Waals surface area contributed by atoms with Crippen molar-refractivity contribution >= 4 is 23.2 Å². The molecule has 1 aromatic rings. The van der Waals surface area contributed by atoms with E-state index in [1.54, 1.807) is 0 Å². The summed E-state index contributed by atoms with van der Waals surface area (Å²) in [5.41, 5.74) is 1.08. The third-order valence-electron chi connectivity index (χ3n) is 2.82. The number of halogens is 2. The summed E-state index contributed by atoms with van der Waals surface area (Å²) >= 11 is 11.7. The van der Waals surface area contributed by atoms with Gasteiger partial charge in [-0.2, -0.15) is 0 Å². The summed E-state index contributed by atoms with van der Waals surface area (Å²) < 4.78 is 5.60. The molecule has 1 rings (SSSR count). The topological polar surface area (TPSA) is 9.23 Å². The molecule has 0 radical (unpaired) electrons. The molecule has 1 atom stereocenters. The highest BCUT2D eigenvalue weighted by molar-refractivity contribution is 6.20. The smallest absolute Gasteiger partial charge is 0.172 e. The molecule has 1 aromatic carbocycles. The zero-order chi connectivity index (χ0) is 13.2. The van der Waals surface area contributed by atoms with Crippen LogP contribution in [0.3, 0.4) is 0 Å². The first kappa shape index (κ1) is 15.7. The van der Waals surface area contributed by atoms with Gasteiger partial charge in [-0.25, -0.2) is 0 Å². The van der Waals surface area contributed by atoms with Crippen molar-refractivity contribution in [2.75, 3.05) is 5.88 Å². The van der Waals surface area contributed by atoms with Gasteiger partial charge in [-0.3, -0.25) is 0 Å². The maximum absolute atomic E-state index is 6.06. The first-order valence-corrected chi connectivity index (χ1v) is 7.69. The number of ether oxygens (including phenoxy) is 1. The van der Waals surface area contributed by atoms with Gasteiger partial charge < -0.3 is 4.74 Å². The van der Waals surface area contributed by atoms with Crippen LogP contribution >= 0.6 is 23.2 Å². The van der Waals surface area contributed by atoms with Crippen LogP contribution in [0, 0.1) is 0 Å². The highest BCUT2D eigenvalue weighted by Crippen LogP contribution is 2.18. The zero-order valence-corrected chi connectivity index (χ0v) is 12.5. The fourth-order valence-corrected chi connectivity index (χ4v) is 2.17.